The Labute approximate surface area is 143 Å². The molecule has 1 aromatic carbocycles. The molecule has 1 amide bonds. The molecule has 1 N–H and O–H groups in total. The van der Waals surface area contributed by atoms with Gasteiger partial charge in [-0.15, -0.1) is 0 Å². The Bertz CT molecular complexity index is 567. The number of carbonyl (C=O) groups is 2. The highest BCUT2D eigenvalue weighted by Crippen LogP contribution is 2.12. The first-order chi connectivity index (χ1) is 11.5. The highest BCUT2D eigenvalue weighted by molar-refractivity contribution is 6.01. The number of hydrogen-bond acceptors (Lipinski definition) is 5. The second kappa shape index (κ2) is 10.4. The number of amides is 1. The van der Waals surface area contributed by atoms with Crippen LogP contribution in [0, 0.1) is 5.92 Å². The number of methoxy groups -OCH3 is 1. The van der Waals surface area contributed by atoms with Crippen molar-refractivity contribution in [3.8, 4) is 5.75 Å². The van der Waals surface area contributed by atoms with Gasteiger partial charge in [0.1, 0.15) is 5.75 Å². The molecule has 1 rings (SSSR count). The average molecular weight is 334 g/mol. The first kappa shape index (κ1) is 19.7. The Kier molecular flexibility index (Phi) is 8.54. The largest absolute Gasteiger partial charge is 0.497 e. The van der Waals surface area contributed by atoms with Gasteiger partial charge >= 0.3 is 5.97 Å². The van der Waals surface area contributed by atoms with E-state index in [1.165, 1.54) is 0 Å². The molecule has 1 aromatic rings. The highest BCUT2D eigenvalue weighted by atomic mass is 16.5. The quantitative estimate of drug-likeness (QED) is 0.428. The summed E-state index contributed by atoms with van der Waals surface area (Å²) < 4.78 is 10.1. The molecule has 0 heterocycles. The van der Waals surface area contributed by atoms with Crippen LogP contribution in [-0.2, 0) is 20.7 Å². The lowest BCUT2D eigenvalue weighted by Crippen LogP contribution is -2.28. The van der Waals surface area contributed by atoms with Crippen LogP contribution in [0.5, 0.6) is 5.75 Å². The van der Waals surface area contributed by atoms with E-state index in [0.29, 0.717) is 18.7 Å². The van der Waals surface area contributed by atoms with Crippen molar-refractivity contribution in [3.63, 3.8) is 0 Å². The van der Waals surface area contributed by atoms with Gasteiger partial charge in [-0.05, 0) is 38.0 Å². The fraction of sp³-hybridized carbons (Fsp3) is 0.500. The number of nitrogens with zero attached hydrogens (tertiary/aromatic N) is 1. The number of rotatable bonds is 9. The molecule has 6 nitrogen and oxygen atoms in total. The van der Waals surface area contributed by atoms with Gasteiger partial charge in [0.15, 0.2) is 0 Å². The van der Waals surface area contributed by atoms with Crippen LogP contribution in [0.1, 0.15) is 39.2 Å². The lowest BCUT2D eigenvalue weighted by Gasteiger charge is -2.14. The normalized spacial score (nSPS) is 12.4. The van der Waals surface area contributed by atoms with Crippen molar-refractivity contribution >= 4 is 17.6 Å². The molecule has 0 aliphatic rings. The standard InChI is InChI=1S/C18H26N2O4/c1-5-7-16(18(22)24-6-2)13(3)19-20-17(21)12-14-8-10-15(23-4)11-9-14/h8-11,16H,5-7,12H2,1-4H3,(H,20,21)/b19-13-. The Morgan fingerprint density at radius 3 is 2.42 bits per heavy atom. The fourth-order valence-corrected chi connectivity index (χ4v) is 2.23. The molecular formula is C18H26N2O4. The van der Waals surface area contributed by atoms with Gasteiger partial charge in [-0.2, -0.15) is 5.10 Å². The molecule has 0 fully saturated rings. The van der Waals surface area contributed by atoms with E-state index in [4.69, 9.17) is 9.47 Å². The smallest absolute Gasteiger partial charge is 0.314 e. The minimum Gasteiger partial charge on any atom is -0.497 e. The molecule has 0 radical (unpaired) electrons. The summed E-state index contributed by atoms with van der Waals surface area (Å²) in [5.74, 6) is -0.218. The molecule has 0 aromatic heterocycles. The van der Waals surface area contributed by atoms with Gasteiger partial charge in [-0.25, -0.2) is 5.43 Å². The molecule has 0 bridgehead atoms. The lowest BCUT2D eigenvalue weighted by atomic mass is 9.99. The third kappa shape index (κ3) is 6.40. The number of esters is 1. The van der Waals surface area contributed by atoms with Gasteiger partial charge in [0.05, 0.1) is 26.1 Å². The third-order valence-electron chi connectivity index (χ3n) is 3.53. The van der Waals surface area contributed by atoms with Crippen LogP contribution >= 0.6 is 0 Å². The van der Waals surface area contributed by atoms with E-state index in [0.717, 1.165) is 17.7 Å². The first-order valence-corrected chi connectivity index (χ1v) is 8.14. The predicted octanol–water partition coefficient (Wildman–Crippen LogP) is 2.71. The Morgan fingerprint density at radius 1 is 1.21 bits per heavy atom. The zero-order chi connectivity index (χ0) is 17.9. The molecule has 0 spiro atoms. The number of nitrogens with one attached hydrogen (secondary N) is 1. The minimum atomic E-state index is -0.420. The van der Waals surface area contributed by atoms with Crippen molar-refractivity contribution in [3.05, 3.63) is 29.8 Å². The molecule has 132 valence electrons. The Morgan fingerprint density at radius 2 is 1.88 bits per heavy atom. The van der Waals surface area contributed by atoms with Crippen LogP contribution in [0.25, 0.3) is 0 Å². The second-order valence-corrected chi connectivity index (χ2v) is 5.41. The van der Waals surface area contributed by atoms with Gasteiger partial charge < -0.3 is 9.47 Å². The van der Waals surface area contributed by atoms with Gasteiger partial charge in [0.2, 0.25) is 5.91 Å². The minimum absolute atomic E-state index is 0.207. The molecule has 24 heavy (non-hydrogen) atoms. The van der Waals surface area contributed by atoms with E-state index in [9.17, 15) is 9.59 Å². The zero-order valence-corrected chi connectivity index (χ0v) is 14.8. The van der Waals surface area contributed by atoms with E-state index in [1.54, 1.807) is 33.1 Å². The average Bonchev–Trinajstić information content (AvgIpc) is 2.58. The van der Waals surface area contributed by atoms with E-state index in [1.807, 2.05) is 19.1 Å². The van der Waals surface area contributed by atoms with Crippen molar-refractivity contribution in [2.24, 2.45) is 11.0 Å². The monoisotopic (exact) mass is 334 g/mol. The van der Waals surface area contributed by atoms with Crippen molar-refractivity contribution < 1.29 is 19.1 Å². The van der Waals surface area contributed by atoms with Crippen molar-refractivity contribution in [1.29, 1.82) is 0 Å². The van der Waals surface area contributed by atoms with Crippen molar-refractivity contribution in [2.75, 3.05) is 13.7 Å². The first-order valence-electron chi connectivity index (χ1n) is 8.14. The summed E-state index contributed by atoms with van der Waals surface area (Å²) in [5, 5.41) is 4.07. The number of benzene rings is 1. The molecule has 0 saturated carbocycles. The highest BCUT2D eigenvalue weighted by Gasteiger charge is 2.22. The van der Waals surface area contributed by atoms with E-state index in [2.05, 4.69) is 10.5 Å². The maximum absolute atomic E-state index is 12.0. The number of hydrazone groups is 1. The van der Waals surface area contributed by atoms with Crippen LogP contribution < -0.4 is 10.2 Å². The Balaban J connectivity index is 2.63. The summed E-state index contributed by atoms with van der Waals surface area (Å²) in [6.07, 6.45) is 1.68. The van der Waals surface area contributed by atoms with E-state index < -0.39 is 5.92 Å². The van der Waals surface area contributed by atoms with Crippen LogP contribution in [0.3, 0.4) is 0 Å². The summed E-state index contributed by atoms with van der Waals surface area (Å²) in [6, 6.07) is 7.26. The molecular weight excluding hydrogens is 308 g/mol. The van der Waals surface area contributed by atoms with E-state index >= 15 is 0 Å². The summed E-state index contributed by atoms with van der Waals surface area (Å²) >= 11 is 0. The molecule has 6 heteroatoms. The van der Waals surface area contributed by atoms with Crippen molar-refractivity contribution in [1.82, 2.24) is 5.43 Å². The molecule has 0 aliphatic carbocycles. The lowest BCUT2D eigenvalue weighted by molar-refractivity contribution is -0.145. The predicted molar refractivity (Wildman–Crippen MR) is 93.0 cm³/mol. The number of carbonyl (C=O) groups excluding carboxylic acids is 2. The third-order valence-corrected chi connectivity index (χ3v) is 3.53. The van der Waals surface area contributed by atoms with Crippen molar-refractivity contribution in [2.45, 2.75) is 40.0 Å². The molecule has 1 atom stereocenters. The summed E-state index contributed by atoms with van der Waals surface area (Å²) in [4.78, 5) is 23.9. The zero-order valence-electron chi connectivity index (χ0n) is 14.8. The van der Waals surface area contributed by atoms with E-state index in [-0.39, 0.29) is 18.3 Å². The summed E-state index contributed by atoms with van der Waals surface area (Å²) in [5.41, 5.74) is 3.92. The molecule has 0 aliphatic heterocycles. The second-order valence-electron chi connectivity index (χ2n) is 5.41. The van der Waals surface area contributed by atoms with Gasteiger partial charge in [0, 0.05) is 5.71 Å². The topological polar surface area (TPSA) is 77.0 Å². The molecule has 1 unspecified atom stereocenters. The maximum Gasteiger partial charge on any atom is 0.314 e. The number of ether oxygens (including phenoxy) is 2. The van der Waals surface area contributed by atoms with Gasteiger partial charge in [-0.3, -0.25) is 9.59 Å². The van der Waals surface area contributed by atoms with Crippen LogP contribution in [0.15, 0.2) is 29.4 Å². The fourth-order valence-electron chi connectivity index (χ4n) is 2.23. The Hall–Kier alpha value is -2.37. The van der Waals surface area contributed by atoms with Crippen LogP contribution in [0.2, 0.25) is 0 Å². The number of hydrogen-bond donors (Lipinski definition) is 1. The SMILES string of the molecule is CCCC(C(=O)OCC)/C(C)=N\NC(=O)Cc1ccc(OC)cc1. The van der Waals surface area contributed by atoms with Crippen LogP contribution in [0.4, 0.5) is 0 Å². The maximum atomic E-state index is 12.0. The van der Waals surface area contributed by atoms with Crippen LogP contribution in [-0.4, -0.2) is 31.3 Å². The van der Waals surface area contributed by atoms with Gasteiger partial charge in [0.25, 0.3) is 0 Å². The summed E-state index contributed by atoms with van der Waals surface area (Å²) in [6.45, 7) is 5.81. The van der Waals surface area contributed by atoms with Gasteiger partial charge in [-0.1, -0.05) is 25.5 Å². The molecule has 0 saturated heterocycles. The summed E-state index contributed by atoms with van der Waals surface area (Å²) in [7, 11) is 1.59.